The Kier molecular flexibility index (Phi) is 11.9. The lowest BCUT2D eigenvalue weighted by Crippen LogP contribution is -2.53. The Hall–Kier alpha value is -5.23. The molecule has 0 aliphatic rings. The molecule has 0 spiro atoms. The summed E-state index contributed by atoms with van der Waals surface area (Å²) in [5.74, 6) is -0.395. The predicted molar refractivity (Wildman–Crippen MR) is 184 cm³/mol. The normalized spacial score (nSPS) is 11.9. The summed E-state index contributed by atoms with van der Waals surface area (Å²) in [5.41, 5.74) is 1.62. The molecule has 4 rings (SSSR count). The van der Waals surface area contributed by atoms with Crippen LogP contribution in [0.3, 0.4) is 0 Å². The number of nitrogens with one attached hydrogen (secondary N) is 1. The number of nitro benzene ring substituents is 1. The molecule has 0 saturated carbocycles. The highest BCUT2D eigenvalue weighted by Gasteiger charge is 2.35. The van der Waals surface area contributed by atoms with E-state index in [4.69, 9.17) is 4.74 Å². The van der Waals surface area contributed by atoms with E-state index in [0.717, 1.165) is 21.5 Å². The van der Waals surface area contributed by atoms with Gasteiger partial charge >= 0.3 is 0 Å². The molecular formula is C36H40N4O7S. The van der Waals surface area contributed by atoms with Crippen LogP contribution in [0.4, 0.5) is 11.4 Å². The van der Waals surface area contributed by atoms with Crippen molar-refractivity contribution in [3.05, 3.63) is 130 Å². The lowest BCUT2D eigenvalue weighted by atomic mass is 10.0. The van der Waals surface area contributed by atoms with Crippen LogP contribution in [0.1, 0.15) is 30.5 Å². The van der Waals surface area contributed by atoms with Gasteiger partial charge < -0.3 is 15.0 Å². The Labute approximate surface area is 281 Å². The maximum Gasteiger partial charge on any atom is 0.273 e. The standard InChI is InChI=1S/C36H40N4O7S/c1-26(2)23-37-36(42)34(21-28-11-7-5-8-12-28)38(24-29-13-9-6-10-14-29)35(41)25-39(30-16-18-31(47-4)19-17-30)48(45,46)32-20-15-27(3)33(22-32)40(43)44/h5-20,22,26,34H,21,23-25H2,1-4H3,(H,37,42)/t34-/m1/s1. The fourth-order valence-corrected chi connectivity index (χ4v) is 6.54. The van der Waals surface area contributed by atoms with Crippen molar-refractivity contribution in [3.8, 4) is 5.75 Å². The Morgan fingerprint density at radius 3 is 2.06 bits per heavy atom. The van der Waals surface area contributed by atoms with Crippen molar-refractivity contribution in [2.24, 2.45) is 5.92 Å². The van der Waals surface area contributed by atoms with Crippen LogP contribution >= 0.6 is 0 Å². The summed E-state index contributed by atoms with van der Waals surface area (Å²) in [6, 6.07) is 27.2. The fraction of sp³-hybridized carbons (Fsp3) is 0.278. The smallest absolute Gasteiger partial charge is 0.273 e. The highest BCUT2D eigenvalue weighted by Crippen LogP contribution is 2.30. The average Bonchev–Trinajstić information content (AvgIpc) is 3.08. The van der Waals surface area contributed by atoms with Crippen molar-refractivity contribution in [2.45, 2.75) is 44.7 Å². The molecular weight excluding hydrogens is 632 g/mol. The zero-order chi connectivity index (χ0) is 34.8. The Morgan fingerprint density at radius 1 is 0.896 bits per heavy atom. The Balaban J connectivity index is 1.82. The minimum atomic E-state index is -4.53. The topological polar surface area (TPSA) is 139 Å². The van der Waals surface area contributed by atoms with Gasteiger partial charge in [0, 0.05) is 31.1 Å². The van der Waals surface area contributed by atoms with Crippen LogP contribution in [0.5, 0.6) is 5.75 Å². The summed E-state index contributed by atoms with van der Waals surface area (Å²) in [6.45, 7) is 5.16. The van der Waals surface area contributed by atoms with Crippen molar-refractivity contribution < 1.29 is 27.7 Å². The van der Waals surface area contributed by atoms with E-state index in [2.05, 4.69) is 5.32 Å². The Bertz CT molecular complexity index is 1820. The molecule has 0 aromatic heterocycles. The van der Waals surface area contributed by atoms with Crippen LogP contribution in [0, 0.1) is 23.0 Å². The summed E-state index contributed by atoms with van der Waals surface area (Å²) in [7, 11) is -3.06. The fourth-order valence-electron chi connectivity index (χ4n) is 5.11. The number of hydrogen-bond donors (Lipinski definition) is 1. The number of carbonyl (C=O) groups is 2. The zero-order valence-electron chi connectivity index (χ0n) is 27.4. The van der Waals surface area contributed by atoms with Gasteiger partial charge in [0.15, 0.2) is 0 Å². The molecule has 4 aromatic carbocycles. The third kappa shape index (κ3) is 8.97. The van der Waals surface area contributed by atoms with Crippen molar-refractivity contribution in [1.29, 1.82) is 0 Å². The van der Waals surface area contributed by atoms with Gasteiger partial charge in [-0.1, -0.05) is 80.6 Å². The molecule has 11 nitrogen and oxygen atoms in total. The van der Waals surface area contributed by atoms with Gasteiger partial charge in [-0.25, -0.2) is 8.42 Å². The van der Waals surface area contributed by atoms with E-state index >= 15 is 0 Å². The molecule has 1 N–H and O–H groups in total. The molecule has 1 atom stereocenters. The van der Waals surface area contributed by atoms with E-state index in [1.807, 2.05) is 74.5 Å². The quantitative estimate of drug-likeness (QED) is 0.130. The summed E-state index contributed by atoms with van der Waals surface area (Å²) in [4.78, 5) is 40.5. The van der Waals surface area contributed by atoms with Crippen molar-refractivity contribution in [2.75, 3.05) is 24.5 Å². The number of rotatable bonds is 15. The van der Waals surface area contributed by atoms with Crippen LogP contribution < -0.4 is 14.4 Å². The van der Waals surface area contributed by atoms with Gasteiger partial charge in [0.25, 0.3) is 15.7 Å². The first kappa shape index (κ1) is 35.6. The molecule has 4 aromatic rings. The molecule has 2 amide bonds. The number of amides is 2. The molecule has 0 heterocycles. The summed E-state index contributed by atoms with van der Waals surface area (Å²) >= 11 is 0. The number of benzene rings is 4. The van der Waals surface area contributed by atoms with Crippen LogP contribution in [0.15, 0.2) is 108 Å². The van der Waals surface area contributed by atoms with Crippen molar-refractivity contribution in [3.63, 3.8) is 0 Å². The van der Waals surface area contributed by atoms with Crippen LogP contribution in [0.2, 0.25) is 0 Å². The van der Waals surface area contributed by atoms with Crippen LogP contribution in [-0.4, -0.2) is 56.3 Å². The van der Waals surface area contributed by atoms with Crippen LogP contribution in [0.25, 0.3) is 0 Å². The van der Waals surface area contributed by atoms with Gasteiger partial charge in [0.05, 0.1) is 22.6 Å². The summed E-state index contributed by atoms with van der Waals surface area (Å²) in [6.07, 6.45) is 0.183. The number of ether oxygens (including phenoxy) is 1. The van der Waals surface area contributed by atoms with Crippen molar-refractivity contribution >= 4 is 33.2 Å². The SMILES string of the molecule is COc1ccc(N(CC(=O)N(Cc2ccccc2)[C@H](Cc2ccccc2)C(=O)NCC(C)C)S(=O)(=O)c2ccc(C)c([N+](=O)[O-])c2)cc1. The first-order chi connectivity index (χ1) is 22.9. The van der Waals surface area contributed by atoms with E-state index in [9.17, 15) is 28.1 Å². The minimum absolute atomic E-state index is 0.0266. The molecule has 252 valence electrons. The number of hydrogen-bond acceptors (Lipinski definition) is 7. The van der Waals surface area contributed by atoms with Gasteiger partial charge in [-0.3, -0.25) is 24.0 Å². The van der Waals surface area contributed by atoms with E-state index in [1.165, 1.54) is 43.2 Å². The second kappa shape index (κ2) is 16.1. The van der Waals surface area contributed by atoms with E-state index in [0.29, 0.717) is 12.3 Å². The molecule has 0 aliphatic carbocycles. The molecule has 12 heteroatoms. The lowest BCUT2D eigenvalue weighted by molar-refractivity contribution is -0.385. The predicted octanol–water partition coefficient (Wildman–Crippen LogP) is 5.52. The molecule has 0 unspecified atom stereocenters. The third-order valence-electron chi connectivity index (χ3n) is 7.76. The van der Waals surface area contributed by atoms with E-state index in [-0.39, 0.29) is 46.6 Å². The lowest BCUT2D eigenvalue weighted by Gasteiger charge is -2.34. The minimum Gasteiger partial charge on any atom is -0.497 e. The van der Waals surface area contributed by atoms with Gasteiger partial charge in [-0.15, -0.1) is 0 Å². The largest absolute Gasteiger partial charge is 0.497 e. The van der Waals surface area contributed by atoms with Gasteiger partial charge in [0.1, 0.15) is 18.3 Å². The number of anilines is 1. The van der Waals surface area contributed by atoms with Gasteiger partial charge in [-0.05, 0) is 54.3 Å². The number of aryl methyl sites for hydroxylation is 1. The first-order valence-electron chi connectivity index (χ1n) is 15.5. The molecule has 0 bridgehead atoms. The molecule has 0 saturated heterocycles. The monoisotopic (exact) mass is 672 g/mol. The second-order valence-electron chi connectivity index (χ2n) is 11.8. The molecule has 0 radical (unpaired) electrons. The second-order valence-corrected chi connectivity index (χ2v) is 13.6. The molecule has 0 fully saturated rings. The van der Waals surface area contributed by atoms with Gasteiger partial charge in [0.2, 0.25) is 11.8 Å². The molecule has 0 aliphatic heterocycles. The highest BCUT2D eigenvalue weighted by atomic mass is 32.2. The van der Waals surface area contributed by atoms with E-state index in [1.54, 1.807) is 12.1 Å². The zero-order valence-corrected chi connectivity index (χ0v) is 28.2. The maximum absolute atomic E-state index is 14.5. The number of nitro groups is 1. The Morgan fingerprint density at radius 2 is 1.50 bits per heavy atom. The molecule has 48 heavy (non-hydrogen) atoms. The maximum atomic E-state index is 14.5. The van der Waals surface area contributed by atoms with Gasteiger partial charge in [-0.2, -0.15) is 0 Å². The van der Waals surface area contributed by atoms with E-state index < -0.39 is 33.4 Å². The number of nitrogens with zero attached hydrogens (tertiary/aromatic N) is 3. The summed E-state index contributed by atoms with van der Waals surface area (Å²) in [5, 5.41) is 14.7. The number of sulfonamides is 1. The first-order valence-corrected chi connectivity index (χ1v) is 16.9. The average molecular weight is 673 g/mol. The third-order valence-corrected chi connectivity index (χ3v) is 9.53. The van der Waals surface area contributed by atoms with Crippen molar-refractivity contribution in [1.82, 2.24) is 10.2 Å². The number of methoxy groups -OCH3 is 1. The highest BCUT2D eigenvalue weighted by molar-refractivity contribution is 7.92. The number of carbonyl (C=O) groups excluding carboxylic acids is 2. The summed E-state index contributed by atoms with van der Waals surface area (Å²) < 4.78 is 34.7. The van der Waals surface area contributed by atoms with Crippen LogP contribution in [-0.2, 0) is 32.6 Å².